The number of nitrogens with one attached hydrogen (secondary N) is 1. The molecule has 2 heterocycles. The van der Waals surface area contributed by atoms with Gasteiger partial charge in [0.05, 0.1) is 5.69 Å². The van der Waals surface area contributed by atoms with Crippen molar-refractivity contribution in [3.63, 3.8) is 0 Å². The van der Waals surface area contributed by atoms with Gasteiger partial charge in [-0.15, -0.1) is 10.2 Å². The van der Waals surface area contributed by atoms with Gasteiger partial charge < -0.3 is 0 Å². The number of hydrogen-bond donors (Lipinski definition) is 1. The Labute approximate surface area is 156 Å². The molecule has 0 radical (unpaired) electrons. The van der Waals surface area contributed by atoms with E-state index in [1.165, 1.54) is 28.5 Å². The number of aromatic nitrogens is 4. The van der Waals surface area contributed by atoms with E-state index in [0.29, 0.717) is 11.6 Å². The standard InChI is InChI=1S/C19H21N5OS/c1-12-5-7-15(8-6-12)11-18-21-22-19(26-18)20-17(25)10-9-16-13(2)23-24(4)14(16)3/h5-10H,11H2,1-4H3,(H,20,22,25)/b10-9+. The van der Waals surface area contributed by atoms with Crippen LogP contribution < -0.4 is 5.32 Å². The molecule has 0 saturated heterocycles. The van der Waals surface area contributed by atoms with Gasteiger partial charge in [-0.1, -0.05) is 41.2 Å². The number of carbonyl (C=O) groups is 1. The van der Waals surface area contributed by atoms with Crippen LogP contribution >= 0.6 is 11.3 Å². The molecular weight excluding hydrogens is 346 g/mol. The highest BCUT2D eigenvalue weighted by Crippen LogP contribution is 2.19. The summed E-state index contributed by atoms with van der Waals surface area (Å²) < 4.78 is 1.80. The minimum Gasteiger partial charge on any atom is -0.297 e. The molecule has 0 aliphatic heterocycles. The fraction of sp³-hybridized carbons (Fsp3) is 0.263. The molecule has 0 atom stereocenters. The molecule has 26 heavy (non-hydrogen) atoms. The van der Waals surface area contributed by atoms with E-state index >= 15 is 0 Å². The minimum absolute atomic E-state index is 0.231. The Morgan fingerprint density at radius 1 is 1.19 bits per heavy atom. The maximum atomic E-state index is 12.1. The molecule has 0 aliphatic carbocycles. The van der Waals surface area contributed by atoms with Gasteiger partial charge in [-0.25, -0.2) is 0 Å². The molecule has 1 amide bonds. The summed E-state index contributed by atoms with van der Waals surface area (Å²) in [6.45, 7) is 5.96. The molecule has 2 aromatic heterocycles. The number of amides is 1. The van der Waals surface area contributed by atoms with E-state index in [-0.39, 0.29) is 5.91 Å². The first-order valence-electron chi connectivity index (χ1n) is 8.29. The monoisotopic (exact) mass is 367 g/mol. The Kier molecular flexibility index (Phi) is 5.27. The Hall–Kier alpha value is -2.80. The maximum Gasteiger partial charge on any atom is 0.250 e. The van der Waals surface area contributed by atoms with Crippen LogP contribution in [0.2, 0.25) is 0 Å². The SMILES string of the molecule is Cc1ccc(Cc2nnc(NC(=O)/C=C/c3c(C)nn(C)c3C)s2)cc1. The average Bonchev–Trinajstić information content (AvgIpc) is 3.12. The Morgan fingerprint density at radius 2 is 1.92 bits per heavy atom. The molecule has 0 bridgehead atoms. The number of carbonyl (C=O) groups excluding carboxylic acids is 1. The third-order valence-electron chi connectivity index (χ3n) is 4.14. The van der Waals surface area contributed by atoms with Gasteiger partial charge in [-0.3, -0.25) is 14.8 Å². The van der Waals surface area contributed by atoms with Gasteiger partial charge >= 0.3 is 0 Å². The molecule has 7 heteroatoms. The van der Waals surface area contributed by atoms with E-state index in [1.54, 1.807) is 10.8 Å². The van der Waals surface area contributed by atoms with E-state index < -0.39 is 0 Å². The first-order chi connectivity index (χ1) is 12.4. The van der Waals surface area contributed by atoms with Gasteiger partial charge in [0.15, 0.2) is 0 Å². The lowest BCUT2D eigenvalue weighted by molar-refractivity contribution is -0.111. The van der Waals surface area contributed by atoms with Gasteiger partial charge in [-0.2, -0.15) is 5.10 Å². The highest BCUT2D eigenvalue weighted by molar-refractivity contribution is 7.15. The number of nitrogens with zero attached hydrogens (tertiary/aromatic N) is 4. The van der Waals surface area contributed by atoms with E-state index in [1.807, 2.05) is 20.9 Å². The Morgan fingerprint density at radius 3 is 2.58 bits per heavy atom. The number of benzene rings is 1. The van der Waals surface area contributed by atoms with Crippen molar-refractivity contribution in [2.24, 2.45) is 7.05 Å². The molecular formula is C19H21N5OS. The lowest BCUT2D eigenvalue weighted by atomic mass is 10.1. The smallest absolute Gasteiger partial charge is 0.250 e. The molecule has 0 aliphatic rings. The van der Waals surface area contributed by atoms with E-state index in [4.69, 9.17) is 0 Å². The maximum absolute atomic E-state index is 12.1. The highest BCUT2D eigenvalue weighted by atomic mass is 32.1. The summed E-state index contributed by atoms with van der Waals surface area (Å²) in [6, 6.07) is 8.31. The van der Waals surface area contributed by atoms with Crippen LogP contribution in [0.25, 0.3) is 6.08 Å². The van der Waals surface area contributed by atoms with E-state index in [9.17, 15) is 4.79 Å². The quantitative estimate of drug-likeness (QED) is 0.701. The summed E-state index contributed by atoms with van der Waals surface area (Å²) >= 11 is 1.39. The van der Waals surface area contributed by atoms with Crippen LogP contribution in [0.4, 0.5) is 5.13 Å². The van der Waals surface area contributed by atoms with Crippen LogP contribution in [-0.4, -0.2) is 25.9 Å². The van der Waals surface area contributed by atoms with Crippen molar-refractivity contribution >= 4 is 28.5 Å². The predicted molar refractivity (Wildman–Crippen MR) is 104 cm³/mol. The summed E-state index contributed by atoms with van der Waals surface area (Å²) in [5, 5.41) is 16.7. The fourth-order valence-corrected chi connectivity index (χ4v) is 3.37. The largest absolute Gasteiger partial charge is 0.297 e. The van der Waals surface area contributed by atoms with Crippen molar-refractivity contribution in [2.75, 3.05) is 5.32 Å². The molecule has 6 nitrogen and oxygen atoms in total. The summed E-state index contributed by atoms with van der Waals surface area (Å²) in [4.78, 5) is 12.1. The second-order valence-electron chi connectivity index (χ2n) is 6.19. The van der Waals surface area contributed by atoms with Crippen molar-refractivity contribution in [1.82, 2.24) is 20.0 Å². The molecule has 134 valence electrons. The first-order valence-corrected chi connectivity index (χ1v) is 9.11. The molecule has 0 fully saturated rings. The van der Waals surface area contributed by atoms with Gasteiger partial charge in [-0.05, 0) is 32.4 Å². The average molecular weight is 367 g/mol. The topological polar surface area (TPSA) is 72.7 Å². The van der Waals surface area contributed by atoms with Crippen LogP contribution in [0.1, 0.15) is 33.1 Å². The number of anilines is 1. The highest BCUT2D eigenvalue weighted by Gasteiger charge is 2.09. The molecule has 0 unspecified atom stereocenters. The molecule has 3 rings (SSSR count). The van der Waals surface area contributed by atoms with Gasteiger partial charge in [0.1, 0.15) is 5.01 Å². The van der Waals surface area contributed by atoms with Gasteiger partial charge in [0.25, 0.3) is 0 Å². The van der Waals surface area contributed by atoms with Crippen LogP contribution in [0.5, 0.6) is 0 Å². The third-order valence-corrected chi connectivity index (χ3v) is 4.98. The molecule has 1 N–H and O–H groups in total. The van der Waals surface area contributed by atoms with Crippen molar-refractivity contribution in [2.45, 2.75) is 27.2 Å². The summed E-state index contributed by atoms with van der Waals surface area (Å²) in [5.41, 5.74) is 5.27. The lowest BCUT2D eigenvalue weighted by Crippen LogP contribution is -2.07. The molecule has 0 saturated carbocycles. The minimum atomic E-state index is -0.231. The van der Waals surface area contributed by atoms with Crippen molar-refractivity contribution in [3.8, 4) is 0 Å². The number of hydrogen-bond acceptors (Lipinski definition) is 5. The van der Waals surface area contributed by atoms with Crippen molar-refractivity contribution < 1.29 is 4.79 Å². The van der Waals surface area contributed by atoms with Crippen molar-refractivity contribution in [1.29, 1.82) is 0 Å². The number of rotatable bonds is 5. The number of aryl methyl sites for hydroxylation is 3. The van der Waals surface area contributed by atoms with Crippen LogP contribution in [-0.2, 0) is 18.3 Å². The second-order valence-corrected chi connectivity index (χ2v) is 7.26. The third kappa shape index (κ3) is 4.23. The van der Waals surface area contributed by atoms with Crippen LogP contribution in [0.15, 0.2) is 30.3 Å². The van der Waals surface area contributed by atoms with Gasteiger partial charge in [0.2, 0.25) is 11.0 Å². The zero-order chi connectivity index (χ0) is 18.7. The summed E-state index contributed by atoms with van der Waals surface area (Å²) in [5.74, 6) is -0.231. The summed E-state index contributed by atoms with van der Waals surface area (Å²) in [6.07, 6.45) is 3.98. The predicted octanol–water partition coefficient (Wildman–Crippen LogP) is 3.44. The van der Waals surface area contributed by atoms with Gasteiger partial charge in [0, 0.05) is 30.8 Å². The fourth-order valence-electron chi connectivity index (χ4n) is 2.59. The zero-order valence-electron chi connectivity index (χ0n) is 15.3. The van der Waals surface area contributed by atoms with Crippen molar-refractivity contribution in [3.05, 3.63) is 63.4 Å². The second kappa shape index (κ2) is 7.61. The first kappa shape index (κ1) is 18.0. The molecule has 1 aromatic carbocycles. The summed E-state index contributed by atoms with van der Waals surface area (Å²) in [7, 11) is 1.89. The zero-order valence-corrected chi connectivity index (χ0v) is 16.1. The Bertz CT molecular complexity index is 953. The van der Waals surface area contributed by atoms with Crippen LogP contribution in [0.3, 0.4) is 0 Å². The van der Waals surface area contributed by atoms with E-state index in [2.05, 4.69) is 51.8 Å². The lowest BCUT2D eigenvalue weighted by Gasteiger charge is -1.98. The Balaban J connectivity index is 1.62. The molecule has 3 aromatic rings. The van der Waals surface area contributed by atoms with Crippen LogP contribution in [0, 0.1) is 20.8 Å². The molecule has 0 spiro atoms. The van der Waals surface area contributed by atoms with E-state index in [0.717, 1.165) is 22.0 Å². The normalized spacial score (nSPS) is 11.2.